The van der Waals surface area contributed by atoms with Gasteiger partial charge in [-0.1, -0.05) is 37.7 Å². The van der Waals surface area contributed by atoms with Crippen LogP contribution >= 0.6 is 0 Å². The van der Waals surface area contributed by atoms with Crippen LogP contribution in [0.15, 0.2) is 36.4 Å². The number of nitrogens with zero attached hydrogens (tertiary/aromatic N) is 2. The standard InChI is InChI=1S/C27H33F2N3OSi/c1-19-6-7-21(16-20(19)10-15-34(3,4)5)26(33)30-22-8-9-23-24(17-22)27(28,29)18-25(23)32-13-11-31(2)12-14-32/h6-9,16-17,25H,11-14,18H2,1-5H3,(H,30,33). The minimum Gasteiger partial charge on any atom is -0.322 e. The molecule has 1 aliphatic carbocycles. The highest BCUT2D eigenvalue weighted by atomic mass is 28.3. The van der Waals surface area contributed by atoms with Crippen LogP contribution < -0.4 is 5.32 Å². The zero-order chi connectivity index (χ0) is 24.7. The van der Waals surface area contributed by atoms with Crippen molar-refractivity contribution in [3.63, 3.8) is 0 Å². The van der Waals surface area contributed by atoms with Crippen LogP contribution in [0, 0.1) is 18.4 Å². The molecule has 1 N–H and O–H groups in total. The summed E-state index contributed by atoms with van der Waals surface area (Å²) in [6.07, 6.45) is -0.208. The molecule has 1 atom stereocenters. The highest BCUT2D eigenvalue weighted by Crippen LogP contribution is 2.50. The average Bonchev–Trinajstić information content (AvgIpc) is 3.03. The molecule has 4 rings (SSSR count). The number of nitrogens with one attached hydrogen (secondary N) is 1. The van der Waals surface area contributed by atoms with Crippen LogP contribution in [0.4, 0.5) is 14.5 Å². The SMILES string of the molecule is Cc1ccc(C(=O)Nc2ccc3c(c2)C(F)(F)CC3N2CCN(C)CC2)cc1C#C[Si](C)(C)C. The Balaban J connectivity index is 1.54. The first-order valence-corrected chi connectivity index (χ1v) is 15.3. The van der Waals surface area contributed by atoms with E-state index in [0.29, 0.717) is 16.8 Å². The van der Waals surface area contributed by atoms with Gasteiger partial charge in [0.05, 0.1) is 0 Å². The number of amides is 1. The van der Waals surface area contributed by atoms with Crippen LogP contribution in [0.3, 0.4) is 0 Å². The number of carbonyl (C=O) groups excluding carboxylic acids is 1. The zero-order valence-corrected chi connectivity index (χ0v) is 21.6. The number of rotatable bonds is 3. The largest absolute Gasteiger partial charge is 0.322 e. The summed E-state index contributed by atoms with van der Waals surface area (Å²) >= 11 is 0. The summed E-state index contributed by atoms with van der Waals surface area (Å²) in [5.41, 5.74) is 6.72. The molecule has 180 valence electrons. The lowest BCUT2D eigenvalue weighted by Crippen LogP contribution is -2.45. The van der Waals surface area contributed by atoms with Crippen molar-refractivity contribution in [2.45, 2.75) is 44.9 Å². The Morgan fingerprint density at radius 3 is 2.47 bits per heavy atom. The van der Waals surface area contributed by atoms with E-state index in [1.165, 1.54) is 6.07 Å². The van der Waals surface area contributed by atoms with Crippen molar-refractivity contribution in [3.8, 4) is 11.5 Å². The lowest BCUT2D eigenvalue weighted by atomic mass is 10.0. The summed E-state index contributed by atoms with van der Waals surface area (Å²) in [7, 11) is 0.502. The molecule has 7 heteroatoms. The molecule has 0 spiro atoms. The fraction of sp³-hybridized carbons (Fsp3) is 0.444. The van der Waals surface area contributed by atoms with Crippen molar-refractivity contribution in [1.82, 2.24) is 9.80 Å². The van der Waals surface area contributed by atoms with Gasteiger partial charge in [-0.15, -0.1) is 5.54 Å². The predicted molar refractivity (Wildman–Crippen MR) is 136 cm³/mol. The second-order valence-electron chi connectivity index (χ2n) is 10.5. The summed E-state index contributed by atoms with van der Waals surface area (Å²) in [4.78, 5) is 17.3. The third kappa shape index (κ3) is 5.41. The Kier molecular flexibility index (Phi) is 6.69. The Morgan fingerprint density at radius 2 is 1.79 bits per heavy atom. The number of hydrogen-bond donors (Lipinski definition) is 1. The molecule has 1 aliphatic heterocycles. The van der Waals surface area contributed by atoms with E-state index >= 15 is 0 Å². The molecule has 34 heavy (non-hydrogen) atoms. The number of fused-ring (bicyclic) bond motifs is 1. The third-order valence-corrected chi connectivity index (χ3v) is 7.44. The summed E-state index contributed by atoms with van der Waals surface area (Å²) in [6.45, 7) is 11.8. The van der Waals surface area contributed by atoms with Gasteiger partial charge in [0.1, 0.15) is 8.07 Å². The molecular formula is C27H33F2N3OSi. The van der Waals surface area contributed by atoms with Crippen LogP contribution in [-0.4, -0.2) is 57.0 Å². The number of carbonyl (C=O) groups is 1. The second kappa shape index (κ2) is 9.25. The van der Waals surface area contributed by atoms with Gasteiger partial charge in [0.25, 0.3) is 11.8 Å². The van der Waals surface area contributed by atoms with Crippen LogP contribution in [0.5, 0.6) is 0 Å². The van der Waals surface area contributed by atoms with Gasteiger partial charge in [-0.25, -0.2) is 8.78 Å². The van der Waals surface area contributed by atoms with Crippen LogP contribution in [-0.2, 0) is 5.92 Å². The first-order valence-electron chi connectivity index (χ1n) is 11.8. The minimum atomic E-state index is -2.91. The molecule has 0 aromatic heterocycles. The lowest BCUT2D eigenvalue weighted by Gasteiger charge is -2.36. The van der Waals surface area contributed by atoms with Gasteiger partial charge < -0.3 is 10.2 Å². The Morgan fingerprint density at radius 1 is 1.09 bits per heavy atom. The molecule has 4 nitrogen and oxygen atoms in total. The number of aryl methyl sites for hydroxylation is 1. The van der Waals surface area contributed by atoms with E-state index in [-0.39, 0.29) is 23.9 Å². The topological polar surface area (TPSA) is 35.6 Å². The molecule has 2 aromatic rings. The van der Waals surface area contributed by atoms with Gasteiger partial charge in [0.2, 0.25) is 0 Å². The summed E-state index contributed by atoms with van der Waals surface area (Å²) < 4.78 is 30.0. The predicted octanol–water partition coefficient (Wildman–Crippen LogP) is 5.26. The molecule has 0 bridgehead atoms. The molecule has 1 heterocycles. The summed E-state index contributed by atoms with van der Waals surface area (Å²) in [5, 5.41) is 2.81. The van der Waals surface area contributed by atoms with Crippen molar-refractivity contribution >= 4 is 19.7 Å². The van der Waals surface area contributed by atoms with E-state index in [0.717, 1.165) is 37.3 Å². The molecule has 1 unspecified atom stereocenters. The van der Waals surface area contributed by atoms with Crippen molar-refractivity contribution in [1.29, 1.82) is 0 Å². The van der Waals surface area contributed by atoms with Crippen LogP contribution in [0.25, 0.3) is 0 Å². The van der Waals surface area contributed by atoms with E-state index in [4.69, 9.17) is 0 Å². The number of benzene rings is 2. The van der Waals surface area contributed by atoms with Gasteiger partial charge in [0.15, 0.2) is 0 Å². The third-order valence-electron chi connectivity index (χ3n) is 6.56. The van der Waals surface area contributed by atoms with Gasteiger partial charge in [-0.05, 0) is 49.4 Å². The fourth-order valence-electron chi connectivity index (χ4n) is 4.52. The second-order valence-corrected chi connectivity index (χ2v) is 15.3. The van der Waals surface area contributed by atoms with Gasteiger partial charge in [-0.2, -0.15) is 0 Å². The van der Waals surface area contributed by atoms with Gasteiger partial charge in [-0.3, -0.25) is 9.69 Å². The van der Waals surface area contributed by atoms with Crippen LogP contribution in [0.2, 0.25) is 19.6 Å². The maximum atomic E-state index is 15.0. The van der Waals surface area contributed by atoms with Crippen LogP contribution in [0.1, 0.15) is 45.1 Å². The number of hydrogen-bond acceptors (Lipinski definition) is 3. The van der Waals surface area contributed by atoms with E-state index in [1.807, 2.05) is 13.0 Å². The molecule has 2 aromatic carbocycles. The van der Waals surface area contributed by atoms with E-state index < -0.39 is 14.0 Å². The Bertz CT molecular complexity index is 1150. The smallest absolute Gasteiger partial charge is 0.275 e. The molecule has 1 fully saturated rings. The Hall–Kier alpha value is -2.53. The summed E-state index contributed by atoms with van der Waals surface area (Å²) in [6, 6.07) is 10.1. The van der Waals surface area contributed by atoms with Gasteiger partial charge >= 0.3 is 0 Å². The molecule has 0 radical (unpaired) electrons. The quantitative estimate of drug-likeness (QED) is 0.480. The fourth-order valence-corrected chi connectivity index (χ4v) is 5.03. The maximum absolute atomic E-state index is 15.0. The Labute approximate surface area is 202 Å². The normalized spacial score (nSPS) is 20.4. The van der Waals surface area contributed by atoms with Crippen molar-refractivity contribution in [2.24, 2.45) is 0 Å². The van der Waals surface area contributed by atoms with E-state index in [1.54, 1.807) is 24.3 Å². The molecular weight excluding hydrogens is 448 g/mol. The zero-order valence-electron chi connectivity index (χ0n) is 20.6. The number of piperazine rings is 1. The lowest BCUT2D eigenvalue weighted by molar-refractivity contribution is -0.0257. The minimum absolute atomic E-state index is 0.0276. The first-order chi connectivity index (χ1) is 15.9. The summed E-state index contributed by atoms with van der Waals surface area (Å²) in [5.74, 6) is -0.0148. The number of halogens is 2. The van der Waals surface area contributed by atoms with Crippen molar-refractivity contribution < 1.29 is 13.6 Å². The first kappa shape index (κ1) is 24.6. The maximum Gasteiger partial charge on any atom is 0.275 e. The molecule has 0 saturated carbocycles. The average molecular weight is 482 g/mol. The van der Waals surface area contributed by atoms with E-state index in [2.05, 4.69) is 53.3 Å². The number of alkyl halides is 2. The monoisotopic (exact) mass is 481 g/mol. The highest BCUT2D eigenvalue weighted by molar-refractivity contribution is 6.83. The van der Waals surface area contributed by atoms with Crippen molar-refractivity contribution in [3.05, 3.63) is 64.2 Å². The number of anilines is 1. The number of likely N-dealkylation sites (N-methyl/N-ethyl adjacent to an activating group) is 1. The van der Waals surface area contributed by atoms with Gasteiger partial charge in [0, 0.05) is 61.0 Å². The molecule has 2 aliphatic rings. The molecule has 1 saturated heterocycles. The highest BCUT2D eigenvalue weighted by Gasteiger charge is 2.47. The van der Waals surface area contributed by atoms with E-state index in [9.17, 15) is 13.6 Å². The molecule has 1 amide bonds. The van der Waals surface area contributed by atoms with Crippen molar-refractivity contribution in [2.75, 3.05) is 38.5 Å².